The number of benzene rings is 1. The third kappa shape index (κ3) is 2.57. The number of Topliss-reactive ketones (excluding diaryl/α,β-unsaturated/α-hetero) is 1. The van der Waals surface area contributed by atoms with E-state index in [1.807, 2.05) is 31.2 Å². The molecule has 0 N–H and O–H groups in total. The average Bonchev–Trinajstić information content (AvgIpc) is 2.87. The van der Waals surface area contributed by atoms with Gasteiger partial charge in [-0.15, -0.1) is 10.2 Å². The molecule has 0 fully saturated rings. The van der Waals surface area contributed by atoms with Gasteiger partial charge in [0.05, 0.1) is 10.6 Å². The molecule has 118 valence electrons. The van der Waals surface area contributed by atoms with Gasteiger partial charge in [-0.05, 0) is 32.5 Å². The van der Waals surface area contributed by atoms with Crippen LogP contribution in [0.25, 0.3) is 5.70 Å². The number of amides is 1. The third-order valence-electron chi connectivity index (χ3n) is 3.53. The van der Waals surface area contributed by atoms with Crippen LogP contribution in [-0.4, -0.2) is 26.6 Å². The highest BCUT2D eigenvalue weighted by molar-refractivity contribution is 8.04. The van der Waals surface area contributed by atoms with Gasteiger partial charge >= 0.3 is 0 Å². The minimum absolute atomic E-state index is 0.108. The molecule has 7 heteroatoms. The summed E-state index contributed by atoms with van der Waals surface area (Å²) in [5.41, 5.74) is 2.49. The van der Waals surface area contributed by atoms with Crippen LogP contribution in [0.3, 0.4) is 0 Å². The SMILES string of the molecule is CC(=O)C1=C(c2ccc(C)cc2)N(C(C)=O)n2c(C)nnc2S1. The van der Waals surface area contributed by atoms with Crippen molar-refractivity contribution in [1.82, 2.24) is 14.9 Å². The van der Waals surface area contributed by atoms with E-state index < -0.39 is 0 Å². The summed E-state index contributed by atoms with van der Waals surface area (Å²) in [5, 5.41) is 10.1. The Bertz CT molecular complexity index is 836. The highest BCUT2D eigenvalue weighted by atomic mass is 32.2. The Morgan fingerprint density at radius 2 is 1.70 bits per heavy atom. The normalized spacial score (nSPS) is 14.0. The molecule has 0 spiro atoms. The van der Waals surface area contributed by atoms with Crippen molar-refractivity contribution in [2.45, 2.75) is 32.9 Å². The van der Waals surface area contributed by atoms with Crippen LogP contribution in [0.1, 0.15) is 30.8 Å². The molecular weight excluding hydrogens is 312 g/mol. The fourth-order valence-corrected chi connectivity index (χ4v) is 3.48. The summed E-state index contributed by atoms with van der Waals surface area (Å²) in [4.78, 5) is 25.0. The molecule has 0 bridgehead atoms. The van der Waals surface area contributed by atoms with E-state index in [1.165, 1.54) is 30.6 Å². The van der Waals surface area contributed by atoms with Crippen LogP contribution in [0, 0.1) is 13.8 Å². The maximum atomic E-state index is 12.3. The molecule has 6 nitrogen and oxygen atoms in total. The van der Waals surface area contributed by atoms with Crippen molar-refractivity contribution in [3.63, 3.8) is 0 Å². The first-order valence-electron chi connectivity index (χ1n) is 7.13. The van der Waals surface area contributed by atoms with Gasteiger partial charge in [-0.3, -0.25) is 9.59 Å². The van der Waals surface area contributed by atoms with Crippen molar-refractivity contribution in [2.24, 2.45) is 0 Å². The zero-order chi connectivity index (χ0) is 16.7. The number of carbonyl (C=O) groups excluding carboxylic acids is 2. The number of allylic oxidation sites excluding steroid dienone is 1. The topological polar surface area (TPSA) is 68.1 Å². The number of nitrogens with zero attached hydrogens (tertiary/aromatic N) is 4. The summed E-state index contributed by atoms with van der Waals surface area (Å²) in [6.07, 6.45) is 0. The first-order valence-corrected chi connectivity index (χ1v) is 7.95. The number of aromatic nitrogens is 3. The first-order chi connectivity index (χ1) is 10.9. The second-order valence-electron chi connectivity index (χ2n) is 5.37. The number of rotatable bonds is 2. The molecule has 0 unspecified atom stereocenters. The maximum absolute atomic E-state index is 12.3. The van der Waals surface area contributed by atoms with E-state index >= 15 is 0 Å². The Morgan fingerprint density at radius 3 is 2.26 bits per heavy atom. The fraction of sp³-hybridized carbons (Fsp3) is 0.250. The lowest BCUT2D eigenvalue weighted by molar-refractivity contribution is -0.117. The van der Waals surface area contributed by atoms with Crippen LogP contribution >= 0.6 is 11.8 Å². The predicted octanol–water partition coefficient (Wildman–Crippen LogP) is 2.44. The van der Waals surface area contributed by atoms with Crippen molar-refractivity contribution < 1.29 is 9.59 Å². The fourth-order valence-electron chi connectivity index (χ4n) is 2.47. The Kier molecular flexibility index (Phi) is 3.81. The van der Waals surface area contributed by atoms with Crippen LogP contribution in [0.15, 0.2) is 34.3 Å². The molecule has 0 saturated carbocycles. The molecule has 0 atom stereocenters. The third-order valence-corrected chi connectivity index (χ3v) is 4.65. The summed E-state index contributed by atoms with van der Waals surface area (Å²) in [6.45, 7) is 6.72. The van der Waals surface area contributed by atoms with E-state index in [2.05, 4.69) is 10.2 Å². The number of thioether (sulfide) groups is 1. The minimum atomic E-state index is -0.205. The van der Waals surface area contributed by atoms with E-state index in [-0.39, 0.29) is 11.7 Å². The van der Waals surface area contributed by atoms with Crippen molar-refractivity contribution in [3.05, 3.63) is 46.1 Å². The zero-order valence-electron chi connectivity index (χ0n) is 13.3. The van der Waals surface area contributed by atoms with E-state index in [9.17, 15) is 9.59 Å². The van der Waals surface area contributed by atoms with Gasteiger partial charge in [0.25, 0.3) is 0 Å². The van der Waals surface area contributed by atoms with Crippen molar-refractivity contribution in [1.29, 1.82) is 0 Å². The van der Waals surface area contributed by atoms with E-state index in [0.717, 1.165) is 11.1 Å². The second kappa shape index (κ2) is 5.66. The largest absolute Gasteiger partial charge is 0.294 e. The molecule has 3 rings (SSSR count). The Morgan fingerprint density at radius 1 is 1.04 bits per heavy atom. The molecular formula is C16H16N4O2S. The Labute approximate surface area is 138 Å². The van der Waals surface area contributed by atoms with Crippen LogP contribution in [0.4, 0.5) is 0 Å². The van der Waals surface area contributed by atoms with Crippen LogP contribution in [0.5, 0.6) is 0 Å². The van der Waals surface area contributed by atoms with Crippen molar-refractivity contribution in [3.8, 4) is 0 Å². The molecule has 0 aliphatic carbocycles. The van der Waals surface area contributed by atoms with E-state index in [4.69, 9.17) is 0 Å². The van der Waals surface area contributed by atoms with Gasteiger partial charge < -0.3 is 0 Å². The van der Waals surface area contributed by atoms with Gasteiger partial charge in [-0.2, -0.15) is 0 Å². The van der Waals surface area contributed by atoms with Gasteiger partial charge in [0.2, 0.25) is 11.1 Å². The van der Waals surface area contributed by atoms with Gasteiger partial charge in [0.15, 0.2) is 11.6 Å². The molecule has 0 saturated heterocycles. The monoisotopic (exact) mass is 328 g/mol. The predicted molar refractivity (Wildman–Crippen MR) is 88.3 cm³/mol. The lowest BCUT2D eigenvalue weighted by atomic mass is 10.1. The van der Waals surface area contributed by atoms with Crippen molar-refractivity contribution >= 4 is 29.1 Å². The molecule has 1 amide bonds. The minimum Gasteiger partial charge on any atom is -0.294 e. The van der Waals surface area contributed by atoms with Crippen LogP contribution in [-0.2, 0) is 9.59 Å². The second-order valence-corrected chi connectivity index (χ2v) is 6.35. The molecule has 1 aromatic heterocycles. The lowest BCUT2D eigenvalue weighted by Gasteiger charge is -2.31. The number of ketones is 1. The average molecular weight is 328 g/mol. The number of hydrogen-bond acceptors (Lipinski definition) is 5. The first kappa shape index (κ1) is 15.5. The maximum Gasteiger partial charge on any atom is 0.243 e. The zero-order valence-corrected chi connectivity index (χ0v) is 14.1. The Balaban J connectivity index is 2.28. The number of fused-ring (bicyclic) bond motifs is 1. The number of hydrogen-bond donors (Lipinski definition) is 0. The highest BCUT2D eigenvalue weighted by Crippen LogP contribution is 2.39. The quantitative estimate of drug-likeness (QED) is 0.847. The number of aryl methyl sites for hydroxylation is 2. The van der Waals surface area contributed by atoms with Crippen molar-refractivity contribution in [2.75, 3.05) is 5.01 Å². The molecule has 2 heterocycles. The van der Waals surface area contributed by atoms with E-state index in [0.29, 0.717) is 21.6 Å². The molecule has 2 aromatic rings. The van der Waals surface area contributed by atoms with Crippen LogP contribution < -0.4 is 5.01 Å². The smallest absolute Gasteiger partial charge is 0.243 e. The highest BCUT2D eigenvalue weighted by Gasteiger charge is 2.33. The molecule has 1 aliphatic rings. The van der Waals surface area contributed by atoms with E-state index in [1.54, 1.807) is 11.6 Å². The molecule has 23 heavy (non-hydrogen) atoms. The summed E-state index contributed by atoms with van der Waals surface area (Å²) >= 11 is 1.24. The molecule has 0 radical (unpaired) electrons. The van der Waals surface area contributed by atoms with Gasteiger partial charge in [-0.25, -0.2) is 9.69 Å². The summed E-state index contributed by atoms with van der Waals surface area (Å²) < 4.78 is 1.65. The standard InChI is InChI=1S/C16H16N4O2S/c1-9-5-7-13(8-6-9)14-15(10(2)21)23-16-18-17-11(3)19(16)20(14)12(4)22/h5-8H,1-4H3. The van der Waals surface area contributed by atoms with Gasteiger partial charge in [0.1, 0.15) is 0 Å². The van der Waals surface area contributed by atoms with Gasteiger partial charge in [0, 0.05) is 12.5 Å². The summed E-state index contributed by atoms with van der Waals surface area (Å²) in [6, 6.07) is 7.73. The molecule has 1 aliphatic heterocycles. The Hall–Kier alpha value is -2.41. The summed E-state index contributed by atoms with van der Waals surface area (Å²) in [7, 11) is 0. The summed E-state index contributed by atoms with van der Waals surface area (Å²) in [5.74, 6) is 0.280. The van der Waals surface area contributed by atoms with Crippen LogP contribution in [0.2, 0.25) is 0 Å². The molecule has 1 aromatic carbocycles. The van der Waals surface area contributed by atoms with Gasteiger partial charge in [-0.1, -0.05) is 29.8 Å². The lowest BCUT2D eigenvalue weighted by Crippen LogP contribution is -2.41. The number of carbonyl (C=O) groups is 2.